The number of benzene rings is 2. The minimum Gasteiger partial charge on any atom is -0.508 e. The summed E-state index contributed by atoms with van der Waals surface area (Å²) in [6.45, 7) is 0. The van der Waals surface area contributed by atoms with Gasteiger partial charge < -0.3 is 5.11 Å². The molecule has 13 heavy (non-hydrogen) atoms. The van der Waals surface area contributed by atoms with Crippen LogP contribution in [-0.2, 0) is 5.33 Å². The monoisotopic (exact) mass is 236 g/mol. The van der Waals surface area contributed by atoms with Crippen molar-refractivity contribution in [3.05, 3.63) is 42.0 Å². The summed E-state index contributed by atoms with van der Waals surface area (Å²) in [7, 11) is 0. The fraction of sp³-hybridized carbons (Fsp3) is 0.0909. The molecule has 0 radical (unpaired) electrons. The molecule has 0 saturated heterocycles. The van der Waals surface area contributed by atoms with Crippen molar-refractivity contribution in [2.24, 2.45) is 0 Å². The Bertz CT molecular complexity index is 437. The van der Waals surface area contributed by atoms with Gasteiger partial charge in [-0.25, -0.2) is 0 Å². The van der Waals surface area contributed by atoms with Gasteiger partial charge in [-0.2, -0.15) is 0 Å². The summed E-state index contributed by atoms with van der Waals surface area (Å²) in [4.78, 5) is 0. The van der Waals surface area contributed by atoms with Gasteiger partial charge in [0, 0.05) is 10.9 Å². The maximum atomic E-state index is 9.58. The van der Waals surface area contributed by atoms with Gasteiger partial charge in [0.2, 0.25) is 0 Å². The number of phenols is 1. The SMILES string of the molecule is Oc1cc2ccccc2cc1CBr. The van der Waals surface area contributed by atoms with Crippen LogP contribution in [0.4, 0.5) is 0 Å². The maximum Gasteiger partial charge on any atom is 0.120 e. The summed E-state index contributed by atoms with van der Waals surface area (Å²) in [5.41, 5.74) is 0.929. The summed E-state index contributed by atoms with van der Waals surface area (Å²) in [6.07, 6.45) is 0. The zero-order chi connectivity index (χ0) is 9.26. The van der Waals surface area contributed by atoms with E-state index in [0.29, 0.717) is 11.1 Å². The number of aromatic hydroxyl groups is 1. The normalized spacial score (nSPS) is 10.5. The summed E-state index contributed by atoms with van der Waals surface area (Å²) in [5, 5.41) is 12.5. The molecule has 0 aliphatic heterocycles. The van der Waals surface area contributed by atoms with Crippen LogP contribution in [0.3, 0.4) is 0 Å². The lowest BCUT2D eigenvalue weighted by Gasteiger charge is -2.03. The van der Waals surface area contributed by atoms with Crippen LogP contribution in [0.1, 0.15) is 5.56 Å². The molecule has 66 valence electrons. The first-order chi connectivity index (χ1) is 6.31. The third kappa shape index (κ3) is 1.54. The van der Waals surface area contributed by atoms with Crippen LogP contribution in [0.2, 0.25) is 0 Å². The molecule has 2 aromatic carbocycles. The van der Waals surface area contributed by atoms with Crippen molar-refractivity contribution in [2.75, 3.05) is 0 Å². The van der Waals surface area contributed by atoms with Crippen LogP contribution in [-0.4, -0.2) is 5.11 Å². The highest BCUT2D eigenvalue weighted by Gasteiger charge is 2.01. The van der Waals surface area contributed by atoms with Gasteiger partial charge in [0.05, 0.1) is 0 Å². The molecule has 0 bridgehead atoms. The van der Waals surface area contributed by atoms with E-state index < -0.39 is 0 Å². The predicted molar refractivity (Wildman–Crippen MR) is 58.2 cm³/mol. The molecule has 0 amide bonds. The second-order valence-electron chi connectivity index (χ2n) is 2.96. The van der Waals surface area contributed by atoms with E-state index in [9.17, 15) is 5.11 Å². The first kappa shape index (κ1) is 8.57. The number of hydrogen-bond donors (Lipinski definition) is 1. The summed E-state index contributed by atoms with van der Waals surface area (Å²) in [6, 6.07) is 11.8. The maximum absolute atomic E-state index is 9.58. The van der Waals surface area contributed by atoms with Crippen molar-refractivity contribution in [1.29, 1.82) is 0 Å². The topological polar surface area (TPSA) is 20.2 Å². The lowest BCUT2D eigenvalue weighted by atomic mass is 10.1. The van der Waals surface area contributed by atoms with E-state index >= 15 is 0 Å². The third-order valence-corrected chi connectivity index (χ3v) is 2.70. The van der Waals surface area contributed by atoms with E-state index in [2.05, 4.69) is 15.9 Å². The van der Waals surface area contributed by atoms with Crippen molar-refractivity contribution < 1.29 is 5.11 Å². The van der Waals surface area contributed by atoms with E-state index in [1.54, 1.807) is 6.07 Å². The van der Waals surface area contributed by atoms with Crippen LogP contribution >= 0.6 is 15.9 Å². The van der Waals surface area contributed by atoms with E-state index in [1.165, 1.54) is 0 Å². The van der Waals surface area contributed by atoms with Crippen LogP contribution in [0, 0.1) is 0 Å². The number of alkyl halides is 1. The van der Waals surface area contributed by atoms with Crippen LogP contribution in [0.5, 0.6) is 5.75 Å². The summed E-state index contributed by atoms with van der Waals surface area (Å²) >= 11 is 3.33. The van der Waals surface area contributed by atoms with Crippen molar-refractivity contribution in [2.45, 2.75) is 5.33 Å². The summed E-state index contributed by atoms with van der Waals surface area (Å²) in [5.74, 6) is 0.357. The highest BCUT2D eigenvalue weighted by atomic mass is 79.9. The second kappa shape index (κ2) is 3.38. The molecule has 2 aromatic rings. The molecular weight excluding hydrogens is 228 g/mol. The minimum absolute atomic E-state index is 0.357. The molecule has 0 spiro atoms. The molecule has 0 unspecified atom stereocenters. The summed E-state index contributed by atoms with van der Waals surface area (Å²) < 4.78 is 0. The molecule has 0 aliphatic carbocycles. The van der Waals surface area contributed by atoms with Gasteiger partial charge in [0.25, 0.3) is 0 Å². The lowest BCUT2D eigenvalue weighted by Crippen LogP contribution is -1.80. The Hall–Kier alpha value is -1.02. The van der Waals surface area contributed by atoms with Crippen molar-refractivity contribution >= 4 is 26.7 Å². The average Bonchev–Trinajstić information content (AvgIpc) is 2.17. The van der Waals surface area contributed by atoms with Crippen LogP contribution in [0.25, 0.3) is 10.8 Å². The quantitative estimate of drug-likeness (QED) is 0.753. The predicted octanol–water partition coefficient (Wildman–Crippen LogP) is 3.44. The van der Waals surface area contributed by atoms with Gasteiger partial charge in [0.1, 0.15) is 5.75 Å². The molecule has 0 fully saturated rings. The number of phenolic OH excluding ortho intramolecular Hbond substituents is 1. The number of hydrogen-bond acceptors (Lipinski definition) is 1. The Morgan fingerprint density at radius 1 is 1.08 bits per heavy atom. The largest absolute Gasteiger partial charge is 0.508 e. The molecule has 0 aromatic heterocycles. The van der Waals surface area contributed by atoms with Gasteiger partial charge >= 0.3 is 0 Å². The van der Waals surface area contributed by atoms with Gasteiger partial charge in [-0.1, -0.05) is 40.2 Å². The Morgan fingerprint density at radius 2 is 1.69 bits per heavy atom. The second-order valence-corrected chi connectivity index (χ2v) is 3.52. The lowest BCUT2D eigenvalue weighted by molar-refractivity contribution is 0.471. The van der Waals surface area contributed by atoms with Crippen LogP contribution in [0.15, 0.2) is 36.4 Å². The van der Waals surface area contributed by atoms with E-state index in [-0.39, 0.29) is 0 Å². The van der Waals surface area contributed by atoms with Gasteiger partial charge in [-0.3, -0.25) is 0 Å². The number of halogens is 1. The van der Waals surface area contributed by atoms with E-state index in [0.717, 1.165) is 16.3 Å². The molecule has 0 atom stereocenters. The molecule has 0 heterocycles. The Kier molecular flexibility index (Phi) is 2.23. The Labute approximate surface area is 85.1 Å². The fourth-order valence-electron chi connectivity index (χ4n) is 1.38. The zero-order valence-electron chi connectivity index (χ0n) is 7.00. The van der Waals surface area contributed by atoms with Crippen molar-refractivity contribution in [3.8, 4) is 5.75 Å². The first-order valence-corrected chi connectivity index (χ1v) is 5.20. The van der Waals surface area contributed by atoms with Gasteiger partial charge in [-0.15, -0.1) is 0 Å². The van der Waals surface area contributed by atoms with Crippen molar-refractivity contribution in [1.82, 2.24) is 0 Å². The first-order valence-electron chi connectivity index (χ1n) is 4.08. The Balaban J connectivity index is 2.74. The Morgan fingerprint density at radius 3 is 2.31 bits per heavy atom. The molecule has 1 nitrogen and oxygen atoms in total. The highest BCUT2D eigenvalue weighted by Crippen LogP contribution is 2.26. The number of fused-ring (bicyclic) bond motifs is 1. The molecule has 1 N–H and O–H groups in total. The van der Waals surface area contributed by atoms with E-state index in [1.807, 2.05) is 30.3 Å². The van der Waals surface area contributed by atoms with E-state index in [4.69, 9.17) is 0 Å². The smallest absolute Gasteiger partial charge is 0.120 e. The average molecular weight is 237 g/mol. The van der Waals surface area contributed by atoms with Gasteiger partial charge in [-0.05, 0) is 22.9 Å². The standard InChI is InChI=1S/C11H9BrO/c12-7-10-5-8-3-1-2-4-9(8)6-11(10)13/h1-6,13H,7H2. The minimum atomic E-state index is 0.357. The molecule has 2 heteroatoms. The molecular formula is C11H9BrO. The number of rotatable bonds is 1. The molecule has 0 aliphatic rings. The third-order valence-electron chi connectivity index (χ3n) is 2.09. The van der Waals surface area contributed by atoms with Crippen molar-refractivity contribution in [3.63, 3.8) is 0 Å². The molecule has 0 saturated carbocycles. The van der Waals surface area contributed by atoms with Gasteiger partial charge in [0.15, 0.2) is 0 Å². The van der Waals surface area contributed by atoms with Crippen LogP contribution < -0.4 is 0 Å². The molecule has 2 rings (SSSR count). The fourth-order valence-corrected chi connectivity index (χ4v) is 1.83. The zero-order valence-corrected chi connectivity index (χ0v) is 8.58. The highest BCUT2D eigenvalue weighted by molar-refractivity contribution is 9.08.